The Morgan fingerprint density at radius 2 is 1.54 bits per heavy atom. The number of hydrogen-bond acceptors (Lipinski definition) is 6. The molecule has 0 radical (unpaired) electrons. The van der Waals surface area contributed by atoms with Gasteiger partial charge in [-0.1, -0.05) is 50.1 Å². The lowest BCUT2D eigenvalue weighted by Gasteiger charge is -2.21. The third kappa shape index (κ3) is 7.04. The molecule has 37 heavy (non-hydrogen) atoms. The smallest absolute Gasteiger partial charge is 0.305 e. The molecule has 1 aromatic heterocycles. The maximum Gasteiger partial charge on any atom is 0.305 e. The molecule has 1 heterocycles. The van der Waals surface area contributed by atoms with Gasteiger partial charge in [0, 0.05) is 28.9 Å². The van der Waals surface area contributed by atoms with Gasteiger partial charge in [0.25, 0.3) is 5.91 Å². The number of carbonyl (C=O) groups is 2. The topological polar surface area (TPSA) is 117 Å². The molecule has 190 valence electrons. The van der Waals surface area contributed by atoms with Crippen LogP contribution in [-0.2, 0) is 4.79 Å². The van der Waals surface area contributed by atoms with Crippen molar-refractivity contribution in [3.8, 4) is 22.9 Å². The van der Waals surface area contributed by atoms with E-state index in [1.54, 1.807) is 12.1 Å². The largest absolute Gasteiger partial charge is 0.481 e. The number of anilines is 1. The first-order valence-electron chi connectivity index (χ1n) is 12.4. The number of unbranched alkanes of at least 4 members (excludes halogenated alkanes) is 1. The van der Waals surface area contributed by atoms with Gasteiger partial charge in [-0.2, -0.15) is 0 Å². The van der Waals surface area contributed by atoms with Gasteiger partial charge in [0.15, 0.2) is 0 Å². The minimum absolute atomic E-state index is 0.0896. The normalized spacial score (nSPS) is 11.6. The fourth-order valence-electron chi connectivity index (χ4n) is 3.93. The summed E-state index contributed by atoms with van der Waals surface area (Å²) in [5.41, 5.74) is 4.25. The van der Waals surface area contributed by atoms with Crippen molar-refractivity contribution in [2.45, 2.75) is 38.6 Å². The lowest BCUT2D eigenvalue weighted by Crippen LogP contribution is -2.25. The Morgan fingerprint density at radius 1 is 0.892 bits per heavy atom. The van der Waals surface area contributed by atoms with Crippen molar-refractivity contribution in [1.29, 1.82) is 0 Å². The lowest BCUT2D eigenvalue weighted by atomic mass is 9.99. The van der Waals surface area contributed by atoms with Gasteiger partial charge in [-0.3, -0.25) is 9.59 Å². The van der Waals surface area contributed by atoms with Crippen LogP contribution in [0.3, 0.4) is 0 Å². The Morgan fingerprint density at radius 3 is 2.16 bits per heavy atom. The van der Waals surface area contributed by atoms with Crippen molar-refractivity contribution in [2.24, 2.45) is 0 Å². The summed E-state index contributed by atoms with van der Waals surface area (Å²) in [4.78, 5) is 22.8. The first-order valence-corrected chi connectivity index (χ1v) is 12.4. The minimum atomic E-state index is -0.944. The molecule has 0 aliphatic carbocycles. The summed E-state index contributed by atoms with van der Waals surface area (Å²) in [5, 5.41) is 23.3. The number of aromatic nitrogens is 2. The molecule has 4 aromatic rings. The van der Waals surface area contributed by atoms with Crippen LogP contribution in [0.15, 0.2) is 83.3 Å². The summed E-state index contributed by atoms with van der Waals surface area (Å²) < 4.78 is 5.88. The number of rotatable bonds is 12. The molecule has 4 rings (SSSR count). The van der Waals surface area contributed by atoms with E-state index < -0.39 is 5.97 Å². The molecule has 0 saturated heterocycles. The Hall–Kier alpha value is -4.46. The highest BCUT2D eigenvalue weighted by Gasteiger charge is 2.15. The van der Waals surface area contributed by atoms with E-state index in [1.807, 2.05) is 54.6 Å². The summed E-state index contributed by atoms with van der Waals surface area (Å²) >= 11 is 0. The monoisotopic (exact) mass is 498 g/mol. The Bertz CT molecular complexity index is 1300. The van der Waals surface area contributed by atoms with Crippen molar-refractivity contribution in [3.05, 3.63) is 90.0 Å². The van der Waals surface area contributed by atoms with Crippen molar-refractivity contribution in [2.75, 3.05) is 11.9 Å². The fourth-order valence-corrected chi connectivity index (χ4v) is 3.93. The molecule has 1 amide bonds. The average Bonchev–Trinajstić information content (AvgIpc) is 3.42. The van der Waals surface area contributed by atoms with Gasteiger partial charge in [-0.25, -0.2) is 0 Å². The highest BCUT2D eigenvalue weighted by atomic mass is 16.4. The second kappa shape index (κ2) is 12.5. The number of nitrogens with zero attached hydrogens (tertiary/aromatic N) is 2. The maximum atomic E-state index is 12.2. The number of carboxylic acids is 1. The van der Waals surface area contributed by atoms with Crippen LogP contribution in [0.4, 0.5) is 5.69 Å². The summed E-state index contributed by atoms with van der Waals surface area (Å²) in [6.45, 7) is 2.26. The molecular formula is C29H30N4O4. The van der Waals surface area contributed by atoms with Crippen LogP contribution in [0.5, 0.6) is 0 Å². The molecule has 1 atom stereocenters. The minimum Gasteiger partial charge on any atom is -0.481 e. The molecular weight excluding hydrogens is 468 g/mol. The van der Waals surface area contributed by atoms with Crippen molar-refractivity contribution in [3.63, 3.8) is 0 Å². The van der Waals surface area contributed by atoms with Gasteiger partial charge in [-0.05, 0) is 60.5 Å². The van der Waals surface area contributed by atoms with Crippen LogP contribution in [0.2, 0.25) is 0 Å². The zero-order valence-corrected chi connectivity index (χ0v) is 20.7. The third-order valence-electron chi connectivity index (χ3n) is 5.96. The lowest BCUT2D eigenvalue weighted by molar-refractivity contribution is -0.136. The summed E-state index contributed by atoms with van der Waals surface area (Å²) in [6.07, 6.45) is 2.99. The van der Waals surface area contributed by atoms with Gasteiger partial charge < -0.3 is 20.2 Å². The quantitative estimate of drug-likeness (QED) is 0.221. The van der Waals surface area contributed by atoms with Gasteiger partial charge in [-0.15, -0.1) is 10.2 Å². The predicted octanol–water partition coefficient (Wildman–Crippen LogP) is 5.95. The van der Waals surface area contributed by atoms with Crippen molar-refractivity contribution in [1.82, 2.24) is 15.5 Å². The molecule has 0 fully saturated rings. The molecule has 0 bridgehead atoms. The number of amides is 1. The average molecular weight is 499 g/mol. The summed E-state index contributed by atoms with van der Waals surface area (Å²) in [5.74, 6) is -0.274. The first-order chi connectivity index (χ1) is 18.0. The maximum absolute atomic E-state index is 12.2. The molecule has 0 spiro atoms. The van der Waals surface area contributed by atoms with Crippen LogP contribution in [0, 0.1) is 0 Å². The number of nitrogens with one attached hydrogen (secondary N) is 2. The van der Waals surface area contributed by atoms with Gasteiger partial charge in [0.05, 0.1) is 12.5 Å². The standard InChI is InChI=1S/C29H30N4O4/c1-2-3-9-25(31-24-16-14-21(15-17-24)27(36)30-19-18-26(34)35)20-10-12-23(13-11-20)29-33-32-28(37-29)22-7-5-4-6-8-22/h4-8,10-17,25,31H,2-3,9,18-19H2,1H3,(H,30,36)(H,34,35). The Kier molecular flexibility index (Phi) is 8.65. The number of carboxylic acid groups (broad SMARTS) is 1. The van der Waals surface area contributed by atoms with Crippen LogP contribution in [-0.4, -0.2) is 33.7 Å². The van der Waals surface area contributed by atoms with Gasteiger partial charge in [0.2, 0.25) is 11.8 Å². The fraction of sp³-hybridized carbons (Fsp3) is 0.241. The highest BCUT2D eigenvalue weighted by Crippen LogP contribution is 2.28. The third-order valence-corrected chi connectivity index (χ3v) is 5.96. The Labute approximate surface area is 215 Å². The van der Waals surface area contributed by atoms with E-state index >= 15 is 0 Å². The molecule has 8 heteroatoms. The zero-order valence-electron chi connectivity index (χ0n) is 20.7. The number of hydrogen-bond donors (Lipinski definition) is 3. The Balaban J connectivity index is 1.43. The number of benzene rings is 3. The molecule has 0 aliphatic rings. The van der Waals surface area contributed by atoms with E-state index in [9.17, 15) is 9.59 Å². The van der Waals surface area contributed by atoms with Gasteiger partial charge in [0.1, 0.15) is 0 Å². The first kappa shape index (κ1) is 25.6. The van der Waals surface area contributed by atoms with E-state index in [0.717, 1.165) is 41.6 Å². The number of carbonyl (C=O) groups excluding carboxylic acids is 1. The predicted molar refractivity (Wildman–Crippen MR) is 142 cm³/mol. The van der Waals surface area contributed by atoms with Crippen molar-refractivity contribution >= 4 is 17.6 Å². The van der Waals surface area contributed by atoms with E-state index in [2.05, 4.69) is 39.9 Å². The van der Waals surface area contributed by atoms with E-state index in [0.29, 0.717) is 17.3 Å². The number of aliphatic carboxylic acids is 1. The molecule has 0 aliphatic heterocycles. The molecule has 3 aromatic carbocycles. The second-order valence-electron chi connectivity index (χ2n) is 8.72. The van der Waals surface area contributed by atoms with Crippen LogP contribution in [0.1, 0.15) is 54.6 Å². The van der Waals surface area contributed by atoms with E-state index in [1.165, 1.54) is 0 Å². The summed E-state index contributed by atoms with van der Waals surface area (Å²) in [7, 11) is 0. The van der Waals surface area contributed by atoms with Crippen LogP contribution < -0.4 is 10.6 Å². The second-order valence-corrected chi connectivity index (χ2v) is 8.72. The molecule has 0 saturated carbocycles. The highest BCUT2D eigenvalue weighted by molar-refractivity contribution is 5.94. The summed E-state index contributed by atoms with van der Waals surface area (Å²) in [6, 6.07) is 25.1. The molecule has 1 unspecified atom stereocenters. The zero-order chi connectivity index (χ0) is 26.0. The SMILES string of the molecule is CCCCC(Nc1ccc(C(=O)NCCC(=O)O)cc1)c1ccc(-c2nnc(-c3ccccc3)o2)cc1. The van der Waals surface area contributed by atoms with Crippen LogP contribution >= 0.6 is 0 Å². The van der Waals surface area contributed by atoms with Crippen molar-refractivity contribution < 1.29 is 19.1 Å². The van der Waals surface area contributed by atoms with E-state index in [-0.39, 0.29) is 24.9 Å². The van der Waals surface area contributed by atoms with Crippen LogP contribution in [0.25, 0.3) is 22.9 Å². The van der Waals surface area contributed by atoms with E-state index in [4.69, 9.17) is 9.52 Å². The molecule has 3 N–H and O–H groups in total. The molecule has 8 nitrogen and oxygen atoms in total. The van der Waals surface area contributed by atoms with Gasteiger partial charge >= 0.3 is 5.97 Å².